The molecule has 0 atom stereocenters. The third-order valence-corrected chi connectivity index (χ3v) is 8.18. The fourth-order valence-corrected chi connectivity index (χ4v) is 5.66. The molecule has 34 heavy (non-hydrogen) atoms. The molecule has 2 aliphatic rings. The number of benzene rings is 4. The van der Waals surface area contributed by atoms with E-state index in [9.17, 15) is 0 Å². The van der Waals surface area contributed by atoms with E-state index >= 15 is 0 Å². The first kappa shape index (κ1) is 22.9. The summed E-state index contributed by atoms with van der Waals surface area (Å²) in [7, 11) is 0. The van der Waals surface area contributed by atoms with Crippen molar-refractivity contribution in [3.63, 3.8) is 0 Å². The zero-order valence-electron chi connectivity index (χ0n) is 19.7. The molecule has 0 fully saturated rings. The normalized spacial score (nSPS) is 12.9. The van der Waals surface area contributed by atoms with Gasteiger partial charge in [-0.3, -0.25) is 0 Å². The van der Waals surface area contributed by atoms with Gasteiger partial charge in [0.1, 0.15) is 0 Å². The van der Waals surface area contributed by atoms with Crippen molar-refractivity contribution in [1.29, 1.82) is 0 Å². The molecule has 0 amide bonds. The molecule has 0 aliphatic heterocycles. The quantitative estimate of drug-likeness (QED) is 0.215. The molecule has 4 aromatic carbocycles. The molecule has 0 radical (unpaired) electrons. The van der Waals surface area contributed by atoms with Gasteiger partial charge in [0.2, 0.25) is 0 Å². The summed E-state index contributed by atoms with van der Waals surface area (Å²) < 4.78 is 1.42. The summed E-state index contributed by atoms with van der Waals surface area (Å²) in [5.41, 5.74) is 13.8. The predicted octanol–water partition coefficient (Wildman–Crippen LogP) is 7.82. The minimum atomic E-state index is 1.03. The van der Waals surface area contributed by atoms with E-state index in [0.717, 1.165) is 12.8 Å². The molecule has 0 heterocycles. The molecule has 0 unspecified atom stereocenters. The number of rotatable bonds is 3. The van der Waals surface area contributed by atoms with E-state index in [1.165, 1.54) is 83.1 Å². The molecule has 0 N–H and O–H groups in total. The van der Waals surface area contributed by atoms with E-state index in [4.69, 9.17) is 0 Å². The molecule has 2 aliphatic carbocycles. The van der Waals surface area contributed by atoms with Crippen molar-refractivity contribution in [1.82, 2.24) is 0 Å². The molecule has 0 saturated heterocycles. The topological polar surface area (TPSA) is 0 Å². The van der Waals surface area contributed by atoms with Crippen LogP contribution in [0.3, 0.4) is 0 Å². The summed E-state index contributed by atoms with van der Waals surface area (Å²) in [4.78, 5) is 0. The van der Waals surface area contributed by atoms with Crippen LogP contribution < -0.4 is 0 Å². The maximum absolute atomic E-state index is 3.71. The molecule has 0 spiro atoms. The van der Waals surface area contributed by atoms with Gasteiger partial charge in [-0.15, -0.1) is 40.0 Å². The van der Waals surface area contributed by atoms with Gasteiger partial charge < -0.3 is 0 Å². The monoisotopic (exact) mass is 513 g/mol. The Morgan fingerprint density at radius 3 is 2.00 bits per heavy atom. The Morgan fingerprint density at radius 1 is 0.765 bits per heavy atom. The van der Waals surface area contributed by atoms with Crippen LogP contribution in [0, 0.1) is 19.9 Å². The van der Waals surface area contributed by atoms with Gasteiger partial charge in [0.15, 0.2) is 0 Å². The van der Waals surface area contributed by atoms with E-state index in [1.807, 2.05) is 0 Å². The van der Waals surface area contributed by atoms with Crippen molar-refractivity contribution in [2.75, 3.05) is 0 Å². The first-order chi connectivity index (χ1) is 16.6. The van der Waals surface area contributed by atoms with Crippen molar-refractivity contribution >= 4 is 8.78 Å². The third kappa shape index (κ3) is 4.55. The maximum atomic E-state index is 3.71. The van der Waals surface area contributed by atoms with Crippen molar-refractivity contribution in [2.24, 2.45) is 0 Å². The Morgan fingerprint density at radius 2 is 1.38 bits per heavy atom. The van der Waals surface area contributed by atoms with E-state index in [0.29, 0.717) is 0 Å². The molecule has 0 nitrogen and oxygen atoms in total. The van der Waals surface area contributed by atoms with Crippen LogP contribution in [0.25, 0.3) is 16.7 Å². The molecule has 164 valence electrons. The van der Waals surface area contributed by atoms with Crippen LogP contribution in [0.5, 0.6) is 0 Å². The Labute approximate surface area is 218 Å². The average molecular weight is 515 g/mol. The second-order valence-corrected chi connectivity index (χ2v) is 10.1. The Kier molecular flexibility index (Phi) is 6.84. The summed E-state index contributed by atoms with van der Waals surface area (Å²) in [6.45, 7) is 4.50. The zero-order valence-corrected chi connectivity index (χ0v) is 22.2. The van der Waals surface area contributed by atoms with Gasteiger partial charge in [-0.05, 0) is 18.4 Å². The average Bonchev–Trinajstić information content (AvgIpc) is 3.55. The molecule has 4 aromatic rings. The first-order valence-corrected chi connectivity index (χ1v) is 13.1. The van der Waals surface area contributed by atoms with Crippen molar-refractivity contribution < 1.29 is 24.2 Å². The Balaban J connectivity index is 0.000000152. The van der Waals surface area contributed by atoms with Crippen LogP contribution in [0.2, 0.25) is 0 Å². The predicted molar refractivity (Wildman–Crippen MR) is 141 cm³/mol. The summed E-state index contributed by atoms with van der Waals surface area (Å²) in [6.07, 6.45) is 8.68. The molecule has 0 aromatic heterocycles. The fraction of sp³-hybridized carbons (Fsp3) is 0.121. The second-order valence-electron chi connectivity index (χ2n) is 8.87. The number of hydrogen-bond acceptors (Lipinski definition) is 0. The number of hydrogen-bond donors (Lipinski definition) is 0. The molecule has 0 bridgehead atoms. The van der Waals surface area contributed by atoms with Gasteiger partial charge in [0.05, 0.1) is 0 Å². The minimum absolute atomic E-state index is 1.03. The number of fused-ring (bicyclic) bond motifs is 3. The van der Waals surface area contributed by atoms with Crippen LogP contribution >= 0.6 is 0 Å². The van der Waals surface area contributed by atoms with Gasteiger partial charge in [-0.1, -0.05) is 61.4 Å². The molecule has 6 rings (SSSR count). The van der Waals surface area contributed by atoms with E-state index < -0.39 is 0 Å². The number of allylic oxidation sites excluding steroid dienone is 4. The van der Waals surface area contributed by atoms with Crippen molar-refractivity contribution in [3.8, 4) is 11.1 Å². The Bertz CT molecular complexity index is 1360. The summed E-state index contributed by atoms with van der Waals surface area (Å²) in [6, 6.07) is 33.6. The summed E-state index contributed by atoms with van der Waals surface area (Å²) in [5.74, 6) is 0. The van der Waals surface area contributed by atoms with Gasteiger partial charge in [0.25, 0.3) is 0 Å². The first-order valence-electron chi connectivity index (χ1n) is 11.8. The Hall–Kier alpha value is -2.89. The van der Waals surface area contributed by atoms with Crippen LogP contribution in [-0.4, -0.2) is 3.21 Å². The van der Waals surface area contributed by atoms with Crippen LogP contribution in [-0.2, 0) is 30.7 Å². The second kappa shape index (κ2) is 10.2. The van der Waals surface area contributed by atoms with E-state index in [-0.39, 0.29) is 0 Å². The van der Waals surface area contributed by atoms with Gasteiger partial charge in [-0.25, -0.2) is 0 Å². The molecular weight excluding hydrogens is 488 g/mol. The fourth-order valence-electron chi connectivity index (χ4n) is 4.84. The van der Waals surface area contributed by atoms with Gasteiger partial charge in [0, 0.05) is 0 Å². The van der Waals surface area contributed by atoms with Crippen LogP contribution in [0.1, 0.15) is 45.4 Å². The molecule has 0 saturated carbocycles. The van der Waals surface area contributed by atoms with Crippen molar-refractivity contribution in [2.45, 2.75) is 26.7 Å². The SMILES string of the molecule is Cc1c(C2=CC=CC2)[c-]c2c(c1C)-c1ccccc1C2.[Zr]=[C](c1ccccc1)c1ccccc1. The standard InChI is InChI=1S/C20H17.C13H10.Zr/c1-13-14(2)20-17(11-16-9-5-6-10-18(16)20)12-19(13)15-7-3-4-8-15;1-3-7-12(8-4-1)11-13-9-5-2-6-10-13;/h3-7,9-10H,8,11H2,1-2H3;1-10H;/q-1;;. The van der Waals surface area contributed by atoms with Gasteiger partial charge >= 0.3 is 99.2 Å². The molecular formula is C33H27Zr-. The van der Waals surface area contributed by atoms with E-state index in [1.54, 1.807) is 0 Å². The van der Waals surface area contributed by atoms with Crippen molar-refractivity contribution in [3.05, 3.63) is 148 Å². The zero-order chi connectivity index (χ0) is 23.5. The van der Waals surface area contributed by atoms with E-state index in [2.05, 4.69) is 123 Å². The van der Waals surface area contributed by atoms with Gasteiger partial charge in [-0.2, -0.15) is 0 Å². The summed E-state index contributed by atoms with van der Waals surface area (Å²) >= 11 is 1.46. The van der Waals surface area contributed by atoms with Crippen LogP contribution in [0.4, 0.5) is 0 Å². The summed E-state index contributed by atoms with van der Waals surface area (Å²) in [5, 5.41) is 0. The third-order valence-electron chi connectivity index (χ3n) is 6.76. The molecule has 1 heteroatoms. The van der Waals surface area contributed by atoms with Crippen LogP contribution in [0.15, 0.2) is 103 Å².